The van der Waals surface area contributed by atoms with Gasteiger partial charge in [-0.1, -0.05) is 60.7 Å². The van der Waals surface area contributed by atoms with Crippen LogP contribution in [-0.2, 0) is 25.7 Å². The van der Waals surface area contributed by atoms with Gasteiger partial charge in [0, 0.05) is 30.9 Å². The van der Waals surface area contributed by atoms with Crippen LogP contribution in [0.1, 0.15) is 44.5 Å². The minimum absolute atomic E-state index is 0.953. The van der Waals surface area contributed by atoms with E-state index in [-0.39, 0.29) is 0 Å². The third kappa shape index (κ3) is 2.23. The first-order valence-electron chi connectivity index (χ1n) is 12.6. The van der Waals surface area contributed by atoms with Crippen molar-refractivity contribution in [3.05, 3.63) is 130 Å². The van der Waals surface area contributed by atoms with E-state index in [1.165, 1.54) is 83.8 Å². The summed E-state index contributed by atoms with van der Waals surface area (Å²) in [6, 6.07) is 27.5. The van der Waals surface area contributed by atoms with E-state index in [4.69, 9.17) is 0 Å². The molecule has 0 saturated heterocycles. The molecule has 0 saturated carbocycles. The lowest BCUT2D eigenvalue weighted by atomic mass is 9.81. The number of aromatic nitrogens is 1. The van der Waals surface area contributed by atoms with Crippen molar-refractivity contribution in [1.29, 1.82) is 0 Å². The van der Waals surface area contributed by atoms with Crippen molar-refractivity contribution >= 4 is 17.1 Å². The molecular weight excluding hydrogens is 424 g/mol. The van der Waals surface area contributed by atoms with Gasteiger partial charge in [0.05, 0.1) is 11.4 Å². The number of hydrogen-bond donors (Lipinski definition) is 0. The maximum atomic E-state index is 4.47. The molecule has 3 heterocycles. The van der Waals surface area contributed by atoms with Crippen molar-refractivity contribution in [3.63, 3.8) is 0 Å². The van der Waals surface area contributed by atoms with Gasteiger partial charge in [0.25, 0.3) is 0 Å². The van der Waals surface area contributed by atoms with E-state index in [1.54, 1.807) is 0 Å². The topological polar surface area (TPSA) is 16.1 Å². The highest BCUT2D eigenvalue weighted by Crippen LogP contribution is 2.57. The average molecular weight is 447 g/mol. The highest BCUT2D eigenvalue weighted by molar-refractivity contribution is 6.01. The Kier molecular flexibility index (Phi) is 3.27. The van der Waals surface area contributed by atoms with Crippen molar-refractivity contribution in [2.45, 2.75) is 25.7 Å². The van der Waals surface area contributed by atoms with Gasteiger partial charge in [0.2, 0.25) is 0 Å². The summed E-state index contributed by atoms with van der Waals surface area (Å²) in [4.78, 5) is 7.00. The summed E-state index contributed by atoms with van der Waals surface area (Å²) < 4.78 is 0. The second kappa shape index (κ2) is 6.28. The lowest BCUT2D eigenvalue weighted by Crippen LogP contribution is -2.25. The van der Waals surface area contributed by atoms with Crippen molar-refractivity contribution in [2.24, 2.45) is 0 Å². The smallest absolute Gasteiger partial charge is 0.0539 e. The van der Waals surface area contributed by atoms with Gasteiger partial charge < -0.3 is 4.90 Å². The lowest BCUT2D eigenvalue weighted by molar-refractivity contribution is 0.996. The number of pyridine rings is 1. The largest absolute Gasteiger partial charge is 0.309 e. The van der Waals surface area contributed by atoms with Crippen LogP contribution in [0.15, 0.2) is 85.2 Å². The highest BCUT2D eigenvalue weighted by Gasteiger charge is 2.38. The van der Waals surface area contributed by atoms with Crippen molar-refractivity contribution in [1.82, 2.24) is 4.98 Å². The molecule has 2 aliphatic heterocycles. The van der Waals surface area contributed by atoms with Crippen LogP contribution in [0.3, 0.4) is 0 Å². The number of fused-ring (bicyclic) bond motifs is 12. The molecule has 0 spiro atoms. The van der Waals surface area contributed by atoms with E-state index in [2.05, 4.69) is 88.9 Å². The van der Waals surface area contributed by atoms with Crippen LogP contribution in [0.4, 0.5) is 17.1 Å². The van der Waals surface area contributed by atoms with Gasteiger partial charge in [-0.2, -0.15) is 0 Å². The predicted molar refractivity (Wildman–Crippen MR) is 141 cm³/mol. The molecule has 5 aromatic rings. The minimum Gasteiger partial charge on any atom is -0.309 e. The van der Waals surface area contributed by atoms with Crippen molar-refractivity contribution in [2.75, 3.05) is 4.90 Å². The molecule has 0 fully saturated rings. The first kappa shape index (κ1) is 18.2. The first-order valence-corrected chi connectivity index (χ1v) is 12.6. The lowest BCUT2D eigenvalue weighted by Gasteiger charge is -2.40. The summed E-state index contributed by atoms with van der Waals surface area (Å²) in [7, 11) is 0. The number of benzene rings is 4. The Hall–Kier alpha value is -4.17. The number of nitrogens with zero attached hydrogens (tertiary/aromatic N) is 2. The summed E-state index contributed by atoms with van der Waals surface area (Å²) in [6.45, 7) is 0. The van der Waals surface area contributed by atoms with Crippen molar-refractivity contribution < 1.29 is 0 Å². The standard InChI is InChI=1S/C33H22N2/c1-3-7-26-19(5-1)13-21-9-10-22-14-23-15-24-16-25-18-34-12-11-29(25)35-28-8-4-2-6-20(28)17-27(33(24)35)31(23)32(22)30(21)26/h1-12,15,18H,13-14,16-17H2. The SMILES string of the molecule is c1ccc2c(c1)Cc1ccc3c(c1-2)-c1c(cc2c4c1Cc1ccccc1N4c1ccncc1C2)C3. The highest BCUT2D eigenvalue weighted by atomic mass is 15.2. The molecule has 0 N–H and O–H groups in total. The van der Waals surface area contributed by atoms with E-state index in [1.807, 2.05) is 6.20 Å². The Balaban J connectivity index is 1.38. The summed E-state index contributed by atoms with van der Waals surface area (Å²) in [6.07, 6.45) is 8.01. The number of rotatable bonds is 0. The van der Waals surface area contributed by atoms with E-state index >= 15 is 0 Å². The normalized spacial score (nSPS) is 14.9. The van der Waals surface area contributed by atoms with Gasteiger partial charge in [-0.3, -0.25) is 4.98 Å². The van der Waals surface area contributed by atoms with E-state index in [9.17, 15) is 0 Å². The molecule has 0 unspecified atom stereocenters. The zero-order valence-electron chi connectivity index (χ0n) is 19.3. The molecule has 164 valence electrons. The molecule has 0 atom stereocenters. The van der Waals surface area contributed by atoms with E-state index in [0.717, 1.165) is 25.7 Å². The monoisotopic (exact) mass is 446 g/mol. The molecule has 4 aromatic carbocycles. The summed E-state index contributed by atoms with van der Waals surface area (Å²) in [5.41, 5.74) is 21.5. The second-order valence-electron chi connectivity index (χ2n) is 10.4. The van der Waals surface area contributed by atoms with Crippen LogP contribution in [0, 0.1) is 0 Å². The van der Waals surface area contributed by atoms with E-state index in [0.29, 0.717) is 0 Å². The fraction of sp³-hybridized carbons (Fsp3) is 0.121. The molecule has 0 bridgehead atoms. The van der Waals surface area contributed by atoms with Gasteiger partial charge >= 0.3 is 0 Å². The summed E-state index contributed by atoms with van der Waals surface area (Å²) in [5.74, 6) is 0. The molecule has 0 radical (unpaired) electrons. The second-order valence-corrected chi connectivity index (χ2v) is 10.4. The van der Waals surface area contributed by atoms with Crippen LogP contribution in [0.5, 0.6) is 0 Å². The molecule has 4 aliphatic rings. The van der Waals surface area contributed by atoms with Crippen LogP contribution in [0.2, 0.25) is 0 Å². The van der Waals surface area contributed by atoms with Gasteiger partial charge in [-0.05, 0) is 91.7 Å². The van der Waals surface area contributed by atoms with Crippen LogP contribution in [-0.4, -0.2) is 4.98 Å². The molecule has 1 aromatic heterocycles. The summed E-state index contributed by atoms with van der Waals surface area (Å²) in [5, 5.41) is 0. The van der Waals surface area contributed by atoms with Gasteiger partial charge in [0.1, 0.15) is 0 Å². The average Bonchev–Trinajstić information content (AvgIpc) is 3.46. The first-order chi connectivity index (χ1) is 17.3. The van der Waals surface area contributed by atoms with Crippen LogP contribution in [0.25, 0.3) is 22.3 Å². The van der Waals surface area contributed by atoms with Crippen molar-refractivity contribution in [3.8, 4) is 22.3 Å². The Morgan fingerprint density at radius 3 is 2.23 bits per heavy atom. The van der Waals surface area contributed by atoms with Crippen LogP contribution < -0.4 is 4.90 Å². The molecule has 35 heavy (non-hydrogen) atoms. The maximum Gasteiger partial charge on any atom is 0.0539 e. The third-order valence-electron chi connectivity index (χ3n) is 8.56. The fourth-order valence-corrected chi connectivity index (χ4v) is 7.22. The summed E-state index contributed by atoms with van der Waals surface area (Å²) >= 11 is 0. The van der Waals surface area contributed by atoms with Gasteiger partial charge in [0.15, 0.2) is 0 Å². The molecule has 2 heteroatoms. The zero-order chi connectivity index (χ0) is 22.7. The quantitative estimate of drug-likeness (QED) is 0.240. The maximum absolute atomic E-state index is 4.47. The Labute approximate surface area is 204 Å². The Morgan fingerprint density at radius 1 is 0.543 bits per heavy atom. The zero-order valence-corrected chi connectivity index (χ0v) is 19.3. The molecular formula is C33H22N2. The third-order valence-corrected chi connectivity index (χ3v) is 8.56. The fourth-order valence-electron chi connectivity index (χ4n) is 7.22. The Bertz CT molecular complexity index is 1750. The Morgan fingerprint density at radius 2 is 1.29 bits per heavy atom. The molecule has 2 aliphatic carbocycles. The number of para-hydroxylation sites is 1. The van der Waals surface area contributed by atoms with E-state index < -0.39 is 0 Å². The van der Waals surface area contributed by atoms with Gasteiger partial charge in [-0.15, -0.1) is 0 Å². The predicted octanol–water partition coefficient (Wildman–Crippen LogP) is 7.50. The molecule has 0 amide bonds. The minimum atomic E-state index is 0.953. The molecule has 9 rings (SSSR count). The van der Waals surface area contributed by atoms with Gasteiger partial charge in [-0.25, -0.2) is 0 Å². The number of anilines is 3. The molecule has 2 nitrogen and oxygen atoms in total. The number of hydrogen-bond acceptors (Lipinski definition) is 2. The van der Waals surface area contributed by atoms with Crippen LogP contribution >= 0.6 is 0 Å².